The molecule has 0 bridgehead atoms. The fourth-order valence-corrected chi connectivity index (χ4v) is 7.66. The van der Waals surface area contributed by atoms with E-state index in [0.717, 1.165) is 22.3 Å². The normalized spacial score (nSPS) is 20.4. The second-order valence-electron chi connectivity index (χ2n) is 12.9. The Kier molecular flexibility index (Phi) is 8.09. The number of hydrogen-bond acceptors (Lipinski definition) is 8. The van der Waals surface area contributed by atoms with Crippen LogP contribution >= 0.6 is 11.6 Å². The summed E-state index contributed by atoms with van der Waals surface area (Å²) in [5, 5.41) is 10.0. The lowest BCUT2D eigenvalue weighted by Crippen LogP contribution is -2.56. The monoisotopic (exact) mass is 679 g/mol. The molecule has 49 heavy (non-hydrogen) atoms. The van der Waals surface area contributed by atoms with Crippen LogP contribution in [0.25, 0.3) is 11.1 Å². The van der Waals surface area contributed by atoms with Crippen LogP contribution in [0.2, 0.25) is 5.02 Å². The number of nitrogens with zero attached hydrogens (tertiary/aromatic N) is 2. The Morgan fingerprint density at radius 2 is 1.78 bits per heavy atom. The number of pyridine rings is 1. The van der Waals surface area contributed by atoms with E-state index in [-0.39, 0.29) is 37.0 Å². The third-order valence-electron chi connectivity index (χ3n) is 9.69. The highest BCUT2D eigenvalue weighted by Gasteiger charge is 2.41. The predicted octanol–water partition coefficient (Wildman–Crippen LogP) is 5.45. The van der Waals surface area contributed by atoms with Crippen molar-refractivity contribution in [2.75, 3.05) is 43.1 Å². The minimum Gasteiger partial charge on any atom is -0.480 e. The number of anilines is 2. The zero-order valence-electron chi connectivity index (χ0n) is 26.5. The number of carbonyl (C=O) groups excluding carboxylic acids is 3. The molecule has 0 radical (unpaired) electrons. The van der Waals surface area contributed by atoms with E-state index in [1.807, 2.05) is 42.5 Å². The molecule has 0 saturated carbocycles. The van der Waals surface area contributed by atoms with Gasteiger partial charge in [0, 0.05) is 17.5 Å². The molecule has 1 fully saturated rings. The summed E-state index contributed by atoms with van der Waals surface area (Å²) in [5.74, 6) is 0.756. The molecule has 2 unspecified atom stereocenters. The summed E-state index contributed by atoms with van der Waals surface area (Å²) in [6, 6.07) is 25.7. The summed E-state index contributed by atoms with van der Waals surface area (Å²) in [6.07, 6.45) is 0.334. The van der Waals surface area contributed by atoms with E-state index in [1.54, 1.807) is 12.1 Å². The van der Waals surface area contributed by atoms with Gasteiger partial charge in [-0.3, -0.25) is 9.69 Å². The number of cyclic esters (lactones) is 1. The largest absolute Gasteiger partial charge is 0.480 e. The van der Waals surface area contributed by atoms with Gasteiger partial charge in [-0.2, -0.15) is 0 Å². The zero-order valence-corrected chi connectivity index (χ0v) is 27.3. The highest BCUT2D eigenvalue weighted by atomic mass is 35.5. The Hall–Kier alpha value is -5.13. The number of carbonyl (C=O) groups is 3. The van der Waals surface area contributed by atoms with E-state index >= 15 is 0 Å². The van der Waals surface area contributed by atoms with Crippen molar-refractivity contribution in [2.24, 2.45) is 0 Å². The van der Waals surface area contributed by atoms with Gasteiger partial charge in [-0.1, -0.05) is 72.3 Å². The molecule has 3 N–H and O–H groups in total. The molecule has 3 heterocycles. The average molecular weight is 680 g/mol. The Morgan fingerprint density at radius 3 is 2.55 bits per heavy atom. The first-order valence-electron chi connectivity index (χ1n) is 16.4. The van der Waals surface area contributed by atoms with Crippen LogP contribution in [0.15, 0.2) is 78.9 Å². The maximum absolute atomic E-state index is 13.5. The lowest BCUT2D eigenvalue weighted by molar-refractivity contribution is -0.118. The maximum atomic E-state index is 13.5. The first-order chi connectivity index (χ1) is 23.9. The second kappa shape index (κ2) is 12.7. The van der Waals surface area contributed by atoms with E-state index < -0.39 is 17.7 Å². The number of halogens is 1. The summed E-state index contributed by atoms with van der Waals surface area (Å²) < 4.78 is 16.9. The van der Waals surface area contributed by atoms with Crippen LogP contribution in [0.3, 0.4) is 0 Å². The Bertz CT molecular complexity index is 1930. The van der Waals surface area contributed by atoms with Gasteiger partial charge >= 0.3 is 12.2 Å². The molecule has 0 spiro atoms. The summed E-state index contributed by atoms with van der Waals surface area (Å²) in [5.41, 5.74) is 6.11. The van der Waals surface area contributed by atoms with Crippen LogP contribution in [0.5, 0.6) is 5.75 Å². The molecule has 8 rings (SSSR count). The molecule has 1 saturated heterocycles. The van der Waals surface area contributed by atoms with Gasteiger partial charge in [0.15, 0.2) is 18.2 Å². The Balaban J connectivity index is 0.900. The number of hydrogen-bond donors (Lipinski definition) is 3. The molecule has 1 aromatic heterocycles. The van der Waals surface area contributed by atoms with E-state index in [2.05, 4.69) is 45.2 Å². The van der Waals surface area contributed by atoms with Gasteiger partial charge in [-0.25, -0.2) is 14.6 Å². The van der Waals surface area contributed by atoms with Crippen LogP contribution in [-0.4, -0.2) is 67.6 Å². The first kappa shape index (κ1) is 31.2. The number of aromatic nitrogens is 1. The van der Waals surface area contributed by atoms with E-state index in [4.69, 9.17) is 25.8 Å². The molecule has 250 valence electrons. The van der Waals surface area contributed by atoms with Gasteiger partial charge in [-0.05, 0) is 77.4 Å². The minimum absolute atomic E-state index is 0.0419. The molecular weight excluding hydrogens is 646 g/mol. The maximum Gasteiger partial charge on any atom is 0.415 e. The predicted molar refractivity (Wildman–Crippen MR) is 183 cm³/mol. The van der Waals surface area contributed by atoms with Gasteiger partial charge in [0.25, 0.3) is 5.91 Å². The van der Waals surface area contributed by atoms with Crippen molar-refractivity contribution >= 4 is 41.3 Å². The zero-order chi connectivity index (χ0) is 33.5. The molecule has 12 heteroatoms. The summed E-state index contributed by atoms with van der Waals surface area (Å²) in [6.45, 7) is 1.45. The molecule has 2 atom stereocenters. The van der Waals surface area contributed by atoms with Gasteiger partial charge < -0.3 is 30.2 Å². The molecule has 2 aliphatic carbocycles. The van der Waals surface area contributed by atoms with Crippen LogP contribution in [0, 0.1) is 0 Å². The third kappa shape index (κ3) is 6.04. The fourth-order valence-electron chi connectivity index (χ4n) is 7.39. The highest BCUT2D eigenvalue weighted by molar-refractivity contribution is 6.31. The number of rotatable bonds is 9. The topological polar surface area (TPSA) is 131 Å². The lowest BCUT2D eigenvalue weighted by atomic mass is 9.95. The Labute approximate surface area is 287 Å². The Morgan fingerprint density at radius 1 is 1.00 bits per heavy atom. The fraction of sp³-hybridized carbons (Fsp3) is 0.297. The third-order valence-corrected chi connectivity index (χ3v) is 10.0. The standard InChI is InChI=1S/C37H34ClN5O6/c38-30-11-5-6-22-16-37(17-28(22)30,42-35(45)48-19-29-26-9-3-1-7-24(26)25-8-2-4-10-27(25)29)21-39-15-14-23-18-43(36(46)49-23)32-13-12-31-34(40-32)41-33(44)20-47-31/h1-13,23,29,39H,14-21H2,(H,42,45)(H,40,41,44). The SMILES string of the molecule is O=C1COc2ccc(N3CC(CCNCC4(NC(=O)OCC5c6ccccc6-c6ccccc65)Cc5cccc(Cl)c5C4)OC3=O)nc2N1. The smallest absolute Gasteiger partial charge is 0.415 e. The van der Waals surface area contributed by atoms with Crippen molar-refractivity contribution < 1.29 is 28.6 Å². The number of nitrogens with one attached hydrogen (secondary N) is 3. The molecule has 3 amide bonds. The van der Waals surface area contributed by atoms with Gasteiger partial charge in [0.1, 0.15) is 18.5 Å². The van der Waals surface area contributed by atoms with Crippen molar-refractivity contribution in [1.29, 1.82) is 0 Å². The quantitative estimate of drug-likeness (QED) is 0.199. The van der Waals surface area contributed by atoms with Crippen LogP contribution in [-0.2, 0) is 27.1 Å². The molecule has 4 aliphatic rings. The molecule has 3 aromatic carbocycles. The summed E-state index contributed by atoms with van der Waals surface area (Å²) in [7, 11) is 0. The second-order valence-corrected chi connectivity index (χ2v) is 13.3. The minimum atomic E-state index is -0.659. The molecule has 4 aromatic rings. The lowest BCUT2D eigenvalue weighted by Gasteiger charge is -2.31. The van der Waals surface area contributed by atoms with Gasteiger partial charge in [0.05, 0.1) is 12.1 Å². The van der Waals surface area contributed by atoms with Crippen LogP contribution in [0.1, 0.15) is 34.6 Å². The van der Waals surface area contributed by atoms with E-state index in [0.29, 0.717) is 55.5 Å². The molecule has 2 aliphatic heterocycles. The van der Waals surface area contributed by atoms with Gasteiger partial charge in [0.2, 0.25) is 0 Å². The van der Waals surface area contributed by atoms with Crippen LogP contribution in [0.4, 0.5) is 21.2 Å². The van der Waals surface area contributed by atoms with Crippen molar-refractivity contribution in [3.05, 3.63) is 106 Å². The van der Waals surface area contributed by atoms with Gasteiger partial charge in [-0.15, -0.1) is 0 Å². The summed E-state index contributed by atoms with van der Waals surface area (Å²) >= 11 is 6.60. The number of benzene rings is 3. The first-order valence-corrected chi connectivity index (χ1v) is 16.8. The van der Waals surface area contributed by atoms with Crippen molar-refractivity contribution in [3.63, 3.8) is 0 Å². The van der Waals surface area contributed by atoms with Crippen molar-refractivity contribution in [1.82, 2.24) is 15.6 Å². The number of amides is 3. The number of ether oxygens (including phenoxy) is 3. The van der Waals surface area contributed by atoms with E-state index in [1.165, 1.54) is 16.0 Å². The summed E-state index contributed by atoms with van der Waals surface area (Å²) in [4.78, 5) is 43.8. The highest BCUT2D eigenvalue weighted by Crippen LogP contribution is 2.44. The average Bonchev–Trinajstić information content (AvgIpc) is 3.77. The van der Waals surface area contributed by atoms with E-state index in [9.17, 15) is 14.4 Å². The van der Waals surface area contributed by atoms with Crippen molar-refractivity contribution in [3.8, 4) is 16.9 Å². The molecule has 11 nitrogen and oxygen atoms in total. The number of alkyl carbamates (subject to hydrolysis) is 1. The van der Waals surface area contributed by atoms with Crippen LogP contribution < -0.4 is 25.6 Å². The molecular formula is C37H34ClN5O6. The number of fused-ring (bicyclic) bond motifs is 5. The van der Waals surface area contributed by atoms with Crippen molar-refractivity contribution in [2.45, 2.75) is 36.8 Å².